The fourth-order valence-electron chi connectivity index (χ4n) is 10.6. The molecule has 4 aliphatic rings. The van der Waals surface area contributed by atoms with Crippen LogP contribution in [0.4, 0.5) is 8.78 Å². The standard InChI is InChI=1S/C54H28F2N4O2S2/c1-53(2)43-33-15-13-25(17-35-39(27(21-57)22-58)29-9-5-7-11-31(29)49(35)61)19-37(33)63-51(43)41-45(53)47(55)42-46(48(41)56)54(3,4)44-34-16-14-26(20-38(34)64-52(42)44)18-36-40(28(23-59)24-60)30-10-6-8-12-32(30)50(36)62/h5-20H,1-4H3. The predicted octanol–water partition coefficient (Wildman–Crippen LogP) is 13.2. The predicted molar refractivity (Wildman–Crippen MR) is 246 cm³/mol. The molecule has 0 radical (unpaired) electrons. The Morgan fingerprint density at radius 3 is 1.25 bits per heavy atom. The van der Waals surface area contributed by atoms with Crippen molar-refractivity contribution < 1.29 is 18.4 Å². The van der Waals surface area contributed by atoms with Crippen molar-refractivity contribution in [3.63, 3.8) is 0 Å². The summed E-state index contributed by atoms with van der Waals surface area (Å²) < 4.78 is 37.1. The van der Waals surface area contributed by atoms with Crippen LogP contribution in [0.3, 0.4) is 0 Å². The van der Waals surface area contributed by atoms with E-state index in [1.807, 2.05) is 88.4 Å². The summed E-state index contributed by atoms with van der Waals surface area (Å²) in [6, 6.07) is 33.0. The van der Waals surface area contributed by atoms with Gasteiger partial charge in [0.05, 0.1) is 0 Å². The van der Waals surface area contributed by atoms with E-state index in [1.54, 1.807) is 60.7 Å². The van der Waals surface area contributed by atoms with Gasteiger partial charge in [0, 0.05) is 85.7 Å². The van der Waals surface area contributed by atoms with E-state index in [1.165, 1.54) is 22.7 Å². The van der Waals surface area contributed by atoms with Gasteiger partial charge in [-0.1, -0.05) is 100 Å². The van der Waals surface area contributed by atoms with Crippen LogP contribution in [-0.4, -0.2) is 11.6 Å². The number of Topliss-reactive ketones (excluding diaryl/α,β-unsaturated/α-hetero) is 2. The minimum Gasteiger partial charge on any atom is -0.289 e. The van der Waals surface area contributed by atoms with Gasteiger partial charge in [0.2, 0.25) is 0 Å². The minimum atomic E-state index is -0.929. The van der Waals surface area contributed by atoms with Crippen LogP contribution in [0, 0.1) is 57.0 Å². The van der Waals surface area contributed by atoms with Crippen molar-refractivity contribution in [3.8, 4) is 45.2 Å². The molecule has 0 atom stereocenters. The molecule has 0 saturated heterocycles. The molecule has 0 amide bonds. The molecule has 0 N–H and O–H groups in total. The molecule has 10 heteroatoms. The van der Waals surface area contributed by atoms with Crippen LogP contribution in [0.2, 0.25) is 0 Å². The lowest BCUT2D eigenvalue weighted by Gasteiger charge is -2.26. The fraction of sp³-hybridized carbons (Fsp3) is 0.111. The first-order valence-corrected chi connectivity index (χ1v) is 21.9. The van der Waals surface area contributed by atoms with Crippen molar-refractivity contribution in [2.75, 3.05) is 0 Å². The third-order valence-corrected chi connectivity index (χ3v) is 15.6. The number of carbonyl (C=O) groups excluding carboxylic acids is 2. The zero-order valence-corrected chi connectivity index (χ0v) is 36.0. The molecule has 11 rings (SSSR count). The van der Waals surface area contributed by atoms with Crippen LogP contribution >= 0.6 is 22.7 Å². The Hall–Kier alpha value is -7.86. The van der Waals surface area contributed by atoms with Crippen molar-refractivity contribution in [3.05, 3.63) is 174 Å². The maximum atomic E-state index is 17.7. The van der Waals surface area contributed by atoms with Crippen molar-refractivity contribution in [2.24, 2.45) is 0 Å². The van der Waals surface area contributed by atoms with Gasteiger partial charge in [-0.25, -0.2) is 8.78 Å². The topological polar surface area (TPSA) is 129 Å². The number of benzene rings is 5. The Bertz CT molecular complexity index is 3510. The third kappa shape index (κ3) is 4.93. The van der Waals surface area contributed by atoms with Crippen molar-refractivity contribution in [1.82, 2.24) is 0 Å². The van der Waals surface area contributed by atoms with E-state index in [0.717, 1.165) is 31.3 Å². The number of halogens is 2. The third-order valence-electron chi connectivity index (χ3n) is 13.2. The molecule has 64 heavy (non-hydrogen) atoms. The molecule has 2 aromatic heterocycles. The number of carbonyl (C=O) groups is 2. The van der Waals surface area contributed by atoms with Gasteiger partial charge in [0.25, 0.3) is 0 Å². The Labute approximate surface area is 373 Å². The lowest BCUT2D eigenvalue weighted by molar-refractivity contribution is 0.103. The average Bonchev–Trinajstić information content (AvgIpc) is 4.08. The van der Waals surface area contributed by atoms with Gasteiger partial charge in [-0.05, 0) is 68.4 Å². The number of nitriles is 4. The normalized spacial score (nSPS) is 16.8. The highest BCUT2D eigenvalue weighted by Crippen LogP contribution is 2.64. The van der Waals surface area contributed by atoms with Crippen molar-refractivity contribution in [1.29, 1.82) is 21.0 Å². The molecule has 302 valence electrons. The molecule has 4 aliphatic carbocycles. The maximum Gasteiger partial charge on any atom is 0.194 e. The minimum absolute atomic E-state index is 0.152. The quantitative estimate of drug-likeness (QED) is 0.126. The van der Waals surface area contributed by atoms with E-state index in [9.17, 15) is 30.6 Å². The zero-order valence-electron chi connectivity index (χ0n) is 34.4. The van der Waals surface area contributed by atoms with Crippen LogP contribution in [0.15, 0.2) is 107 Å². The van der Waals surface area contributed by atoms with Crippen LogP contribution in [0.25, 0.3) is 64.4 Å². The molecule has 5 aromatic carbocycles. The van der Waals surface area contributed by atoms with Gasteiger partial charge >= 0.3 is 0 Å². The molecule has 0 aliphatic heterocycles. The zero-order chi connectivity index (χ0) is 44.7. The van der Waals surface area contributed by atoms with Gasteiger partial charge in [-0.2, -0.15) is 21.0 Å². The van der Waals surface area contributed by atoms with E-state index < -0.39 is 22.5 Å². The molecule has 0 saturated carbocycles. The van der Waals surface area contributed by atoms with Gasteiger partial charge in [0.1, 0.15) is 47.1 Å². The first-order valence-electron chi connectivity index (χ1n) is 20.3. The molecular formula is C54H28F2N4O2S2. The van der Waals surface area contributed by atoms with Crippen molar-refractivity contribution >= 4 is 77.7 Å². The summed E-state index contributed by atoms with van der Waals surface area (Å²) in [6.07, 6.45) is 3.38. The van der Waals surface area contributed by atoms with E-state index in [4.69, 9.17) is 0 Å². The SMILES string of the molecule is CC1(C)c2c(F)c3c(c(F)c2-c2sc4cc(C=C5C(=O)c6ccccc6C5=C(C#N)C#N)ccc4c21)C(C)(C)c1c-3sc2cc(C=C3C(=O)c4ccccc4C3=C(C#N)C#N)ccc12. The number of nitrogens with zero attached hydrogens (tertiary/aromatic N) is 4. The summed E-state index contributed by atoms with van der Waals surface area (Å²) in [4.78, 5) is 28.6. The Kier molecular flexibility index (Phi) is 8.12. The summed E-state index contributed by atoms with van der Waals surface area (Å²) in [5, 5.41) is 40.9. The molecule has 0 unspecified atom stereocenters. The molecule has 0 spiro atoms. The van der Waals surface area contributed by atoms with Gasteiger partial charge < -0.3 is 0 Å². The highest BCUT2D eigenvalue weighted by Gasteiger charge is 2.50. The van der Waals surface area contributed by atoms with Gasteiger partial charge in [-0.15, -0.1) is 22.7 Å². The van der Waals surface area contributed by atoms with Gasteiger partial charge in [-0.3, -0.25) is 9.59 Å². The van der Waals surface area contributed by atoms with Gasteiger partial charge in [0.15, 0.2) is 11.6 Å². The highest BCUT2D eigenvalue weighted by molar-refractivity contribution is 7.23. The molecule has 2 heterocycles. The Balaban J connectivity index is 1.03. The van der Waals surface area contributed by atoms with E-state index >= 15 is 8.78 Å². The lowest BCUT2D eigenvalue weighted by atomic mass is 9.77. The van der Waals surface area contributed by atoms with Crippen LogP contribution < -0.4 is 0 Å². The first-order chi connectivity index (χ1) is 30.8. The number of allylic oxidation sites excluding steroid dienone is 6. The fourth-order valence-corrected chi connectivity index (χ4v) is 13.5. The number of thiophene rings is 2. The monoisotopic (exact) mass is 866 g/mol. The number of fused-ring (bicyclic) bond motifs is 12. The number of hydrogen-bond acceptors (Lipinski definition) is 8. The van der Waals surface area contributed by atoms with Crippen molar-refractivity contribution in [2.45, 2.75) is 38.5 Å². The summed E-state index contributed by atoms with van der Waals surface area (Å²) in [6.45, 7) is 7.69. The molecular weight excluding hydrogens is 839 g/mol. The van der Waals surface area contributed by atoms with E-state index in [0.29, 0.717) is 65.4 Å². The molecule has 7 aromatic rings. The summed E-state index contributed by atoms with van der Waals surface area (Å²) in [7, 11) is 0. The Morgan fingerprint density at radius 2 is 0.891 bits per heavy atom. The highest BCUT2D eigenvalue weighted by atomic mass is 32.1. The van der Waals surface area contributed by atoms with E-state index in [2.05, 4.69) is 0 Å². The number of rotatable bonds is 2. The number of hydrogen-bond donors (Lipinski definition) is 0. The smallest absolute Gasteiger partial charge is 0.194 e. The molecule has 6 nitrogen and oxygen atoms in total. The van der Waals surface area contributed by atoms with E-state index in [-0.39, 0.29) is 45.0 Å². The second kappa shape index (κ2) is 13.3. The molecule has 0 fully saturated rings. The van der Waals surface area contributed by atoms with Crippen LogP contribution in [-0.2, 0) is 10.8 Å². The largest absolute Gasteiger partial charge is 0.289 e. The van der Waals surface area contributed by atoms with Crippen LogP contribution in [0.5, 0.6) is 0 Å². The Morgan fingerprint density at radius 1 is 0.531 bits per heavy atom. The second-order valence-corrected chi connectivity index (χ2v) is 19.4. The molecule has 0 bridgehead atoms. The maximum absolute atomic E-state index is 17.7. The van der Waals surface area contributed by atoms with Crippen LogP contribution in [0.1, 0.15) is 92.9 Å². The lowest BCUT2D eigenvalue weighted by Crippen LogP contribution is -2.21. The summed E-state index contributed by atoms with van der Waals surface area (Å²) in [5.74, 6) is -1.47. The average molecular weight is 867 g/mol. The second-order valence-electron chi connectivity index (χ2n) is 17.3. The summed E-state index contributed by atoms with van der Waals surface area (Å²) >= 11 is 2.75. The summed E-state index contributed by atoms with van der Waals surface area (Å²) in [5.41, 5.74) is 4.95. The number of ketones is 2. The first kappa shape index (κ1) is 39.0.